The number of alkyl halides is 1. The molecule has 0 aromatic rings. The molecule has 1 aliphatic rings. The predicted molar refractivity (Wildman–Crippen MR) is 46.6 cm³/mol. The van der Waals surface area contributed by atoms with E-state index in [1.165, 1.54) is 0 Å². The number of hydrogen-bond acceptors (Lipinski definition) is 4. The lowest BCUT2D eigenvalue weighted by Crippen LogP contribution is -2.66. The molecule has 1 rings (SSSR count). The molecule has 6 heteroatoms. The van der Waals surface area contributed by atoms with Crippen LogP contribution in [0.4, 0.5) is 4.39 Å². The first kappa shape index (κ1) is 12.6. The van der Waals surface area contributed by atoms with Gasteiger partial charge in [-0.25, -0.2) is 9.18 Å². The molecule has 1 unspecified atom stereocenters. The maximum atomic E-state index is 13.0. The highest BCUT2D eigenvalue weighted by Gasteiger charge is 2.47. The van der Waals surface area contributed by atoms with Crippen LogP contribution in [-0.2, 0) is 9.53 Å². The van der Waals surface area contributed by atoms with Crippen LogP contribution in [0.2, 0.25) is 0 Å². The number of aliphatic hydroxyl groups is 1. The van der Waals surface area contributed by atoms with Crippen molar-refractivity contribution in [3.05, 3.63) is 0 Å². The van der Waals surface area contributed by atoms with E-state index in [9.17, 15) is 14.3 Å². The van der Waals surface area contributed by atoms with E-state index in [0.717, 1.165) is 0 Å². The third kappa shape index (κ3) is 2.52. The summed E-state index contributed by atoms with van der Waals surface area (Å²) in [5, 5.41) is 12.0. The zero-order valence-corrected chi connectivity index (χ0v) is 8.07. The molecule has 0 amide bonds. The van der Waals surface area contributed by atoms with Crippen molar-refractivity contribution < 1.29 is 19.0 Å². The number of hydrogen-bond donors (Lipinski definition) is 2. The Morgan fingerprint density at radius 3 is 2.62 bits per heavy atom. The van der Waals surface area contributed by atoms with Crippen molar-refractivity contribution in [1.82, 2.24) is 5.32 Å². The summed E-state index contributed by atoms with van der Waals surface area (Å²) in [6, 6.07) is 0. The van der Waals surface area contributed by atoms with Gasteiger partial charge in [0.2, 0.25) is 6.17 Å². The second-order valence-corrected chi connectivity index (χ2v) is 2.82. The molecule has 1 fully saturated rings. The molecular formula is C7H13ClFNO3. The van der Waals surface area contributed by atoms with Crippen LogP contribution in [0.5, 0.6) is 0 Å². The summed E-state index contributed by atoms with van der Waals surface area (Å²) in [5.74, 6) is -0.985. The van der Waals surface area contributed by atoms with Crippen LogP contribution in [0.1, 0.15) is 6.92 Å². The molecule has 0 spiro atoms. The molecule has 1 heterocycles. The van der Waals surface area contributed by atoms with Gasteiger partial charge in [0.05, 0.1) is 6.61 Å². The third-order valence-corrected chi connectivity index (χ3v) is 1.83. The topological polar surface area (TPSA) is 58.6 Å². The molecule has 4 nitrogen and oxygen atoms in total. The third-order valence-electron chi connectivity index (χ3n) is 1.83. The Morgan fingerprint density at radius 2 is 2.31 bits per heavy atom. The lowest BCUT2D eigenvalue weighted by molar-refractivity contribution is -0.164. The first-order chi connectivity index (χ1) is 5.60. The second-order valence-electron chi connectivity index (χ2n) is 2.82. The molecule has 0 aliphatic carbocycles. The molecule has 13 heavy (non-hydrogen) atoms. The van der Waals surface area contributed by atoms with E-state index in [1.807, 2.05) is 0 Å². The lowest BCUT2D eigenvalue weighted by Gasteiger charge is -2.38. The molecule has 0 bridgehead atoms. The second kappa shape index (κ2) is 4.74. The van der Waals surface area contributed by atoms with Gasteiger partial charge in [0, 0.05) is 13.1 Å². The fourth-order valence-corrected chi connectivity index (χ4v) is 0.995. The minimum Gasteiger partial charge on any atom is -0.464 e. The highest BCUT2D eigenvalue weighted by atomic mass is 35.5. The first-order valence-electron chi connectivity index (χ1n) is 3.84. The van der Waals surface area contributed by atoms with Crippen molar-refractivity contribution in [2.75, 3.05) is 19.7 Å². The average Bonchev–Trinajstić information content (AvgIpc) is 1.99. The van der Waals surface area contributed by atoms with Crippen LogP contribution in [0.15, 0.2) is 0 Å². The number of nitrogens with one attached hydrogen (secondary N) is 1. The fraction of sp³-hybridized carbons (Fsp3) is 0.857. The molecule has 0 aromatic heterocycles. The largest absolute Gasteiger partial charge is 0.464 e. The van der Waals surface area contributed by atoms with E-state index in [0.29, 0.717) is 0 Å². The first-order valence-corrected chi connectivity index (χ1v) is 3.84. The molecule has 0 radical (unpaired) electrons. The number of rotatable bonds is 3. The maximum absolute atomic E-state index is 13.0. The van der Waals surface area contributed by atoms with Crippen molar-refractivity contribution in [3.63, 3.8) is 0 Å². The van der Waals surface area contributed by atoms with E-state index in [1.54, 1.807) is 6.92 Å². The number of halogens is 2. The summed E-state index contributed by atoms with van der Waals surface area (Å²) in [7, 11) is 0. The van der Waals surface area contributed by atoms with Crippen molar-refractivity contribution in [1.29, 1.82) is 0 Å². The zero-order chi connectivity index (χ0) is 9.19. The van der Waals surface area contributed by atoms with Gasteiger partial charge in [-0.3, -0.25) is 0 Å². The van der Waals surface area contributed by atoms with E-state index in [2.05, 4.69) is 10.1 Å². The smallest absolute Gasteiger partial charge is 0.343 e. The molecule has 0 saturated carbocycles. The Bertz CT molecular complexity index is 187. The van der Waals surface area contributed by atoms with Crippen LogP contribution in [-0.4, -0.2) is 42.5 Å². The van der Waals surface area contributed by atoms with E-state index in [4.69, 9.17) is 0 Å². The fourth-order valence-electron chi connectivity index (χ4n) is 0.995. The van der Waals surface area contributed by atoms with Crippen molar-refractivity contribution >= 4 is 18.4 Å². The Balaban J connectivity index is 0.00000144. The highest BCUT2D eigenvalue weighted by molar-refractivity contribution is 5.85. The monoisotopic (exact) mass is 213 g/mol. The number of β-amino-alcohol motifs (C(OH)–C–C–N with tert-alkyl or cyclic N) is 1. The molecule has 0 aromatic carbocycles. The van der Waals surface area contributed by atoms with E-state index in [-0.39, 0.29) is 32.1 Å². The van der Waals surface area contributed by atoms with Gasteiger partial charge in [0.15, 0.2) is 0 Å². The van der Waals surface area contributed by atoms with Gasteiger partial charge in [-0.05, 0) is 6.92 Å². The molecule has 1 atom stereocenters. The standard InChI is InChI=1S/C7H12FNO3.ClH/c1-2-12-6(10)5(8)7(11)3-9-4-7;/h5,9,11H,2-4H2,1H3;1H. The van der Waals surface area contributed by atoms with Crippen LogP contribution >= 0.6 is 12.4 Å². The lowest BCUT2D eigenvalue weighted by atomic mass is 9.91. The van der Waals surface area contributed by atoms with Gasteiger partial charge in [-0.1, -0.05) is 0 Å². The zero-order valence-electron chi connectivity index (χ0n) is 7.25. The molecule has 2 N–H and O–H groups in total. The van der Waals surface area contributed by atoms with Gasteiger partial charge in [0.1, 0.15) is 5.60 Å². The van der Waals surface area contributed by atoms with Crippen molar-refractivity contribution in [2.45, 2.75) is 18.7 Å². The minimum absolute atomic E-state index is 0. The summed E-state index contributed by atoms with van der Waals surface area (Å²) in [6.45, 7) is 1.93. The normalized spacial score (nSPS) is 20.8. The number of esters is 1. The summed E-state index contributed by atoms with van der Waals surface area (Å²) in [6.07, 6.45) is -1.93. The molecule has 1 saturated heterocycles. The Hall–Kier alpha value is -0.390. The van der Waals surface area contributed by atoms with Gasteiger partial charge in [-0.2, -0.15) is 0 Å². The van der Waals surface area contributed by atoms with Crippen LogP contribution < -0.4 is 5.32 Å². The van der Waals surface area contributed by atoms with E-state index < -0.39 is 17.7 Å². The summed E-state index contributed by atoms with van der Waals surface area (Å²) in [5.41, 5.74) is -1.55. The SMILES string of the molecule is CCOC(=O)C(F)C1(O)CNC1.Cl. The van der Waals surface area contributed by atoms with E-state index >= 15 is 0 Å². The molecular weight excluding hydrogens is 201 g/mol. The Labute approximate surface area is 81.9 Å². The number of carbonyl (C=O) groups is 1. The molecule has 1 aliphatic heterocycles. The quantitative estimate of drug-likeness (QED) is 0.629. The Kier molecular flexibility index (Phi) is 4.60. The van der Waals surface area contributed by atoms with Crippen molar-refractivity contribution in [2.24, 2.45) is 0 Å². The maximum Gasteiger partial charge on any atom is 0.343 e. The minimum atomic E-state index is -1.93. The average molecular weight is 214 g/mol. The number of ether oxygens (including phenoxy) is 1. The Morgan fingerprint density at radius 1 is 1.77 bits per heavy atom. The van der Waals surface area contributed by atoms with Gasteiger partial charge in [0.25, 0.3) is 0 Å². The van der Waals surface area contributed by atoms with Crippen LogP contribution in [0.3, 0.4) is 0 Å². The van der Waals surface area contributed by atoms with Crippen molar-refractivity contribution in [3.8, 4) is 0 Å². The van der Waals surface area contributed by atoms with Gasteiger partial charge in [-0.15, -0.1) is 12.4 Å². The van der Waals surface area contributed by atoms with Crippen LogP contribution in [0, 0.1) is 0 Å². The summed E-state index contributed by atoms with van der Waals surface area (Å²) in [4.78, 5) is 10.8. The summed E-state index contributed by atoms with van der Waals surface area (Å²) < 4.78 is 17.5. The van der Waals surface area contributed by atoms with Gasteiger partial charge >= 0.3 is 5.97 Å². The highest BCUT2D eigenvalue weighted by Crippen LogP contribution is 2.19. The summed E-state index contributed by atoms with van der Waals surface area (Å²) >= 11 is 0. The molecule has 78 valence electrons. The van der Waals surface area contributed by atoms with Gasteiger partial charge < -0.3 is 15.2 Å². The predicted octanol–water partition coefficient (Wildman–Crippen LogP) is -0.356. The van der Waals surface area contributed by atoms with Crippen LogP contribution in [0.25, 0.3) is 0 Å². The number of carbonyl (C=O) groups excluding carboxylic acids is 1.